The lowest BCUT2D eigenvalue weighted by Gasteiger charge is -2.34. The van der Waals surface area contributed by atoms with Crippen molar-refractivity contribution in [2.45, 2.75) is 32.2 Å². The van der Waals surface area contributed by atoms with E-state index in [1.807, 2.05) is 12.1 Å². The number of pyridine rings is 1. The summed E-state index contributed by atoms with van der Waals surface area (Å²) in [6.45, 7) is 5.15. The average molecular weight is 259 g/mol. The first-order chi connectivity index (χ1) is 9.00. The predicted octanol–water partition coefficient (Wildman–Crippen LogP) is 3.33. The van der Waals surface area contributed by atoms with Crippen LogP contribution >= 0.6 is 0 Å². The first kappa shape index (κ1) is 12.2. The highest BCUT2D eigenvalue weighted by atomic mass is 19.1. The molecule has 2 N–H and O–H groups in total. The number of rotatable bonds is 1. The van der Waals surface area contributed by atoms with Gasteiger partial charge in [-0.15, -0.1) is 0 Å². The van der Waals surface area contributed by atoms with Gasteiger partial charge < -0.3 is 10.6 Å². The molecule has 0 aliphatic carbocycles. The number of nitrogens with zero attached hydrogens (tertiary/aromatic N) is 2. The first-order valence-electron chi connectivity index (χ1n) is 6.61. The van der Waals surface area contributed by atoms with Crippen molar-refractivity contribution in [1.29, 1.82) is 0 Å². The van der Waals surface area contributed by atoms with Gasteiger partial charge in [-0.25, -0.2) is 4.39 Å². The maximum Gasteiger partial charge on any atom is 0.150 e. The molecule has 1 fully saturated rings. The molecule has 0 atom stereocenters. The van der Waals surface area contributed by atoms with Gasteiger partial charge >= 0.3 is 0 Å². The topological polar surface area (TPSA) is 42.1 Å². The summed E-state index contributed by atoms with van der Waals surface area (Å²) < 4.78 is 14.4. The molecule has 1 saturated heterocycles. The molecule has 2 heterocycles. The zero-order valence-electron chi connectivity index (χ0n) is 11.3. The second kappa shape index (κ2) is 4.08. The maximum absolute atomic E-state index is 14.4. The van der Waals surface area contributed by atoms with Gasteiger partial charge in [0.05, 0.1) is 5.52 Å². The molecule has 0 spiro atoms. The molecule has 1 aromatic carbocycles. The molecule has 0 unspecified atom stereocenters. The fraction of sp³-hybridized carbons (Fsp3) is 0.400. The molecule has 19 heavy (non-hydrogen) atoms. The Morgan fingerprint density at radius 3 is 2.89 bits per heavy atom. The first-order valence-corrected chi connectivity index (χ1v) is 6.61. The van der Waals surface area contributed by atoms with Crippen molar-refractivity contribution in [3.05, 3.63) is 30.2 Å². The Hall–Kier alpha value is -1.84. The van der Waals surface area contributed by atoms with Crippen LogP contribution in [-0.4, -0.2) is 17.1 Å². The van der Waals surface area contributed by atoms with Crippen molar-refractivity contribution < 1.29 is 4.39 Å². The smallest absolute Gasteiger partial charge is 0.150 e. The Balaban J connectivity index is 2.29. The van der Waals surface area contributed by atoms with Crippen molar-refractivity contribution in [3.63, 3.8) is 0 Å². The van der Waals surface area contributed by atoms with Crippen molar-refractivity contribution >= 4 is 22.3 Å². The number of hydrogen-bond acceptors (Lipinski definition) is 3. The van der Waals surface area contributed by atoms with E-state index in [1.54, 1.807) is 6.20 Å². The molecule has 0 amide bonds. The van der Waals surface area contributed by atoms with Crippen LogP contribution in [0.3, 0.4) is 0 Å². The van der Waals surface area contributed by atoms with Crippen molar-refractivity contribution in [3.8, 4) is 0 Å². The fourth-order valence-corrected chi connectivity index (χ4v) is 3.00. The van der Waals surface area contributed by atoms with Crippen LogP contribution in [0.4, 0.5) is 15.8 Å². The highest BCUT2D eigenvalue weighted by Crippen LogP contribution is 2.40. The van der Waals surface area contributed by atoms with Crippen molar-refractivity contribution in [2.24, 2.45) is 0 Å². The molecular weight excluding hydrogens is 241 g/mol. The van der Waals surface area contributed by atoms with E-state index in [0.717, 1.165) is 24.8 Å². The van der Waals surface area contributed by atoms with Gasteiger partial charge in [-0.3, -0.25) is 4.98 Å². The molecule has 3 nitrogen and oxygen atoms in total. The van der Waals surface area contributed by atoms with E-state index in [1.165, 1.54) is 6.07 Å². The number of anilines is 2. The zero-order valence-corrected chi connectivity index (χ0v) is 11.3. The van der Waals surface area contributed by atoms with Crippen LogP contribution in [0, 0.1) is 5.82 Å². The van der Waals surface area contributed by atoms with Crippen LogP contribution in [0.1, 0.15) is 26.7 Å². The van der Waals surface area contributed by atoms with E-state index in [0.29, 0.717) is 16.9 Å². The predicted molar refractivity (Wildman–Crippen MR) is 76.8 cm³/mol. The third-order valence-corrected chi connectivity index (χ3v) is 4.02. The second-order valence-corrected chi connectivity index (χ2v) is 5.76. The number of hydrogen-bond donors (Lipinski definition) is 1. The summed E-state index contributed by atoms with van der Waals surface area (Å²) in [6, 6.07) is 5.13. The van der Waals surface area contributed by atoms with E-state index in [2.05, 4.69) is 23.7 Å². The summed E-state index contributed by atoms with van der Waals surface area (Å²) in [4.78, 5) is 6.47. The zero-order chi connectivity index (χ0) is 13.6. The van der Waals surface area contributed by atoms with E-state index < -0.39 is 0 Å². The molecule has 4 heteroatoms. The summed E-state index contributed by atoms with van der Waals surface area (Å²) in [5, 5.41) is 0.821. The van der Waals surface area contributed by atoms with Crippen LogP contribution < -0.4 is 10.6 Å². The minimum atomic E-state index is -0.279. The van der Waals surface area contributed by atoms with Gasteiger partial charge in [0.1, 0.15) is 5.69 Å². The monoisotopic (exact) mass is 259 g/mol. The molecule has 1 aliphatic rings. The minimum absolute atomic E-state index is 0.0403. The molecule has 2 aromatic rings. The normalized spacial score (nSPS) is 18.2. The third kappa shape index (κ3) is 1.82. The molecule has 1 aliphatic heterocycles. The Morgan fingerprint density at radius 2 is 2.21 bits per heavy atom. The molecule has 0 saturated carbocycles. The Labute approximate surface area is 112 Å². The number of nitrogens with two attached hydrogens (primary N) is 1. The van der Waals surface area contributed by atoms with Crippen LogP contribution in [0.15, 0.2) is 24.4 Å². The van der Waals surface area contributed by atoms with Gasteiger partial charge in [0.2, 0.25) is 0 Å². The third-order valence-electron chi connectivity index (χ3n) is 4.02. The molecule has 0 radical (unpaired) electrons. The van der Waals surface area contributed by atoms with E-state index in [9.17, 15) is 4.39 Å². The molecule has 3 rings (SSSR count). The van der Waals surface area contributed by atoms with Gasteiger partial charge in [-0.2, -0.15) is 0 Å². The second-order valence-electron chi connectivity index (χ2n) is 5.76. The van der Waals surface area contributed by atoms with Gasteiger partial charge in [0.15, 0.2) is 5.82 Å². The van der Waals surface area contributed by atoms with Crippen LogP contribution in [0.5, 0.6) is 0 Å². The lowest BCUT2D eigenvalue weighted by atomic mass is 10.0. The molecule has 0 bridgehead atoms. The standard InChI is InChI=1S/C15H18FN3/c1-15(2)6-4-8-19(15)14-11(16)9-12(17)10-5-3-7-18-13(10)14/h3,5,7,9H,4,6,8,17H2,1-2H3. The fourth-order valence-electron chi connectivity index (χ4n) is 3.00. The van der Waals surface area contributed by atoms with Gasteiger partial charge in [-0.05, 0) is 44.9 Å². The molecule has 100 valence electrons. The number of nitrogen functional groups attached to an aromatic ring is 1. The Morgan fingerprint density at radius 1 is 1.42 bits per heavy atom. The van der Waals surface area contributed by atoms with Crippen LogP contribution in [-0.2, 0) is 0 Å². The average Bonchev–Trinajstić information content (AvgIpc) is 2.69. The summed E-state index contributed by atoms with van der Waals surface area (Å²) in [7, 11) is 0. The van der Waals surface area contributed by atoms with Crippen molar-refractivity contribution in [1.82, 2.24) is 4.98 Å². The lowest BCUT2D eigenvalue weighted by molar-refractivity contribution is 0.508. The van der Waals surface area contributed by atoms with Gasteiger partial charge in [0, 0.05) is 29.4 Å². The van der Waals surface area contributed by atoms with Gasteiger partial charge in [0.25, 0.3) is 0 Å². The summed E-state index contributed by atoms with van der Waals surface area (Å²) in [6.07, 6.45) is 3.82. The highest BCUT2D eigenvalue weighted by molar-refractivity contribution is 5.99. The Bertz CT molecular complexity index is 637. The number of benzene rings is 1. The van der Waals surface area contributed by atoms with E-state index in [-0.39, 0.29) is 11.4 Å². The van der Waals surface area contributed by atoms with Gasteiger partial charge in [-0.1, -0.05) is 0 Å². The summed E-state index contributed by atoms with van der Waals surface area (Å²) in [5.74, 6) is -0.279. The van der Waals surface area contributed by atoms with Crippen molar-refractivity contribution in [2.75, 3.05) is 17.2 Å². The quantitative estimate of drug-likeness (QED) is 0.799. The number of halogens is 1. The Kier molecular flexibility index (Phi) is 2.62. The van der Waals surface area contributed by atoms with E-state index in [4.69, 9.17) is 5.73 Å². The number of aromatic nitrogens is 1. The largest absolute Gasteiger partial charge is 0.398 e. The van der Waals surface area contributed by atoms with Crippen LogP contribution in [0.25, 0.3) is 10.9 Å². The summed E-state index contributed by atoms with van der Waals surface area (Å²) >= 11 is 0. The summed E-state index contributed by atoms with van der Waals surface area (Å²) in [5.41, 5.74) is 7.55. The molecule has 1 aromatic heterocycles. The number of fused-ring (bicyclic) bond motifs is 1. The minimum Gasteiger partial charge on any atom is -0.398 e. The van der Waals surface area contributed by atoms with E-state index >= 15 is 0 Å². The molecular formula is C15H18FN3. The SMILES string of the molecule is CC1(C)CCCN1c1c(F)cc(N)c2cccnc12. The van der Waals surface area contributed by atoms with Crippen LogP contribution in [0.2, 0.25) is 0 Å². The maximum atomic E-state index is 14.4. The highest BCUT2D eigenvalue weighted by Gasteiger charge is 2.35. The lowest BCUT2D eigenvalue weighted by Crippen LogP contribution is -2.39.